The molecule has 0 aromatic carbocycles. The van der Waals surface area contributed by atoms with Crippen LogP contribution < -0.4 is 0 Å². The lowest BCUT2D eigenvalue weighted by atomic mass is 9.43. The summed E-state index contributed by atoms with van der Waals surface area (Å²) in [4.78, 5) is 12.1. The van der Waals surface area contributed by atoms with Gasteiger partial charge in [0.2, 0.25) is 0 Å². The summed E-state index contributed by atoms with van der Waals surface area (Å²) < 4.78 is 26.4. The van der Waals surface area contributed by atoms with Crippen LogP contribution in [0.5, 0.6) is 0 Å². The van der Waals surface area contributed by atoms with Crippen molar-refractivity contribution in [3.05, 3.63) is 0 Å². The van der Waals surface area contributed by atoms with Gasteiger partial charge in [0.05, 0.1) is 13.2 Å². The van der Waals surface area contributed by atoms with Gasteiger partial charge in [-0.2, -0.15) is 0 Å². The van der Waals surface area contributed by atoms with E-state index in [4.69, 9.17) is 18.0 Å². The Balaban J connectivity index is 1.72. The van der Waals surface area contributed by atoms with E-state index in [0.717, 1.165) is 6.42 Å². The average Bonchev–Trinajstić information content (AvgIpc) is 3.19. The van der Waals surface area contributed by atoms with Crippen LogP contribution in [0.2, 0.25) is 58.9 Å². The molecule has 0 unspecified atom stereocenters. The van der Waals surface area contributed by atoms with Crippen molar-refractivity contribution in [1.29, 1.82) is 0 Å². The third-order valence-corrected chi connectivity index (χ3v) is 15.0. The zero-order valence-electron chi connectivity index (χ0n) is 29.6. The van der Waals surface area contributed by atoms with E-state index in [-0.39, 0.29) is 17.5 Å². The molecular weight excluding hydrogens is 573 g/mol. The van der Waals surface area contributed by atoms with Crippen LogP contribution >= 0.6 is 0 Å². The quantitative estimate of drug-likeness (QED) is 0.176. The van der Waals surface area contributed by atoms with Crippen LogP contribution in [0, 0.1) is 46.3 Å². The Hall–Kier alpha value is 0.000649. The summed E-state index contributed by atoms with van der Waals surface area (Å²) in [7, 11) is -3.61. The topological polar surface area (TPSA) is 54.0 Å². The highest BCUT2D eigenvalue weighted by atomic mass is 28.4. The van der Waals surface area contributed by atoms with E-state index in [9.17, 15) is 4.79 Å². The van der Waals surface area contributed by atoms with Gasteiger partial charge in [0.15, 0.2) is 25.0 Å². The molecule has 0 amide bonds. The molecular formula is C34H66O5Si3. The number of carbonyl (C=O) groups excluding carboxylic acids is 1. The van der Waals surface area contributed by atoms with E-state index in [2.05, 4.69) is 79.7 Å². The third kappa shape index (κ3) is 7.35. The summed E-state index contributed by atoms with van der Waals surface area (Å²) in [5, 5.41) is 0. The van der Waals surface area contributed by atoms with Gasteiger partial charge in [-0.25, -0.2) is 0 Å². The van der Waals surface area contributed by atoms with Crippen LogP contribution in [0.1, 0.15) is 78.6 Å². The lowest BCUT2D eigenvalue weighted by Crippen LogP contribution is -2.64. The highest BCUT2D eigenvalue weighted by molar-refractivity contribution is 6.70. The predicted octanol–water partition coefficient (Wildman–Crippen LogP) is 9.11. The van der Waals surface area contributed by atoms with Crippen molar-refractivity contribution in [2.75, 3.05) is 7.11 Å². The van der Waals surface area contributed by atoms with E-state index in [1.807, 2.05) is 0 Å². The molecule has 0 N–H and O–H groups in total. The van der Waals surface area contributed by atoms with Gasteiger partial charge >= 0.3 is 5.97 Å². The number of esters is 1. The molecule has 0 spiro atoms. The van der Waals surface area contributed by atoms with Crippen molar-refractivity contribution in [3.63, 3.8) is 0 Å². The smallest absolute Gasteiger partial charge is 0.305 e. The first-order valence-corrected chi connectivity index (χ1v) is 27.5. The second-order valence-corrected chi connectivity index (χ2v) is 31.6. The summed E-state index contributed by atoms with van der Waals surface area (Å²) in [5.74, 6) is 3.45. The highest BCUT2D eigenvalue weighted by Crippen LogP contribution is 2.69. The Morgan fingerprint density at radius 1 is 0.810 bits per heavy atom. The van der Waals surface area contributed by atoms with Crippen LogP contribution in [0.15, 0.2) is 0 Å². The fourth-order valence-corrected chi connectivity index (χ4v) is 14.1. The maximum absolute atomic E-state index is 12.1. The molecule has 42 heavy (non-hydrogen) atoms. The van der Waals surface area contributed by atoms with Crippen molar-refractivity contribution in [1.82, 2.24) is 0 Å². The molecule has 0 saturated heterocycles. The van der Waals surface area contributed by atoms with Crippen molar-refractivity contribution >= 4 is 30.9 Å². The standard InChI is InChI=1S/C34H66O5Si3/c1-23(14-17-31(35)36-4)26-15-16-27-32-28(22-30(34(26,27)3)39-42(11,12)13)33(2)19-18-25(37-40(5,6)7)20-24(33)21-29(32)38-41(8,9)10/h23-30,32H,14-22H2,1-13H3/t23-,24+,25-,26-,27+,28+,29+,30+,32+,33+,34-/m1/s1. The molecule has 4 aliphatic carbocycles. The van der Waals surface area contributed by atoms with Crippen molar-refractivity contribution in [2.45, 2.75) is 156 Å². The minimum atomic E-state index is -1.79. The molecule has 0 aromatic rings. The summed E-state index contributed by atoms with van der Waals surface area (Å²) in [6.45, 7) is 29.0. The van der Waals surface area contributed by atoms with E-state index in [0.29, 0.717) is 59.6 Å². The summed E-state index contributed by atoms with van der Waals surface area (Å²) >= 11 is 0. The molecule has 0 heterocycles. The van der Waals surface area contributed by atoms with Gasteiger partial charge in [0.1, 0.15) is 0 Å². The molecule has 11 atom stereocenters. The lowest BCUT2D eigenvalue weighted by Gasteiger charge is -2.66. The summed E-state index contributed by atoms with van der Waals surface area (Å²) in [5.41, 5.74) is 0.430. The molecule has 5 nitrogen and oxygen atoms in total. The molecule has 0 aromatic heterocycles. The van der Waals surface area contributed by atoms with Crippen LogP contribution in [0.4, 0.5) is 0 Å². The van der Waals surface area contributed by atoms with Crippen molar-refractivity contribution in [3.8, 4) is 0 Å². The van der Waals surface area contributed by atoms with Gasteiger partial charge in [0.25, 0.3) is 0 Å². The second kappa shape index (κ2) is 12.3. The first-order valence-electron chi connectivity index (χ1n) is 17.3. The molecule has 8 heteroatoms. The number of hydrogen-bond acceptors (Lipinski definition) is 5. The SMILES string of the molecule is COC(=O)CC[C@@H](C)[C@H]1CC[C@H]2[C@@H]3[C@@H](O[Si](C)(C)C)C[C@@H]4C[C@H](O[Si](C)(C)C)CC[C@]4(C)[C@H]3C[C@H](O[Si](C)(C)C)[C@]12C. The fraction of sp³-hybridized carbons (Fsp3) is 0.971. The Morgan fingerprint density at radius 2 is 1.43 bits per heavy atom. The zero-order valence-corrected chi connectivity index (χ0v) is 32.6. The molecule has 0 aliphatic heterocycles. The Morgan fingerprint density at radius 3 is 2.00 bits per heavy atom. The van der Waals surface area contributed by atoms with Crippen LogP contribution in [-0.4, -0.2) is 56.3 Å². The minimum Gasteiger partial charge on any atom is -0.469 e. The van der Waals surface area contributed by atoms with Gasteiger partial charge in [-0.1, -0.05) is 20.8 Å². The predicted molar refractivity (Wildman–Crippen MR) is 181 cm³/mol. The third-order valence-electron chi connectivity index (χ3n) is 12.0. The van der Waals surface area contributed by atoms with Crippen LogP contribution in [0.3, 0.4) is 0 Å². The van der Waals surface area contributed by atoms with Gasteiger partial charge < -0.3 is 18.0 Å². The minimum absolute atomic E-state index is 0.0799. The van der Waals surface area contributed by atoms with Gasteiger partial charge in [-0.3, -0.25) is 4.79 Å². The molecule has 0 bridgehead atoms. The number of carbonyl (C=O) groups is 1. The van der Waals surface area contributed by atoms with Gasteiger partial charge in [0, 0.05) is 18.6 Å². The molecule has 4 aliphatic rings. The molecule has 4 rings (SSSR count). The maximum Gasteiger partial charge on any atom is 0.305 e. The van der Waals surface area contributed by atoms with Crippen LogP contribution in [-0.2, 0) is 22.8 Å². The number of ether oxygens (including phenoxy) is 1. The van der Waals surface area contributed by atoms with E-state index in [1.54, 1.807) is 0 Å². The van der Waals surface area contributed by atoms with Crippen molar-refractivity contribution < 1.29 is 22.8 Å². The van der Waals surface area contributed by atoms with E-state index < -0.39 is 25.0 Å². The van der Waals surface area contributed by atoms with E-state index >= 15 is 0 Å². The number of fused-ring (bicyclic) bond motifs is 5. The number of hydrogen-bond donors (Lipinski definition) is 0. The van der Waals surface area contributed by atoms with Gasteiger partial charge in [-0.05, 0) is 157 Å². The average molecular weight is 639 g/mol. The Labute approximate surface area is 262 Å². The van der Waals surface area contributed by atoms with Crippen molar-refractivity contribution in [2.24, 2.45) is 46.3 Å². The monoisotopic (exact) mass is 638 g/mol. The molecule has 244 valence electrons. The lowest BCUT2D eigenvalue weighted by molar-refractivity contribution is -0.199. The Kier molecular flexibility index (Phi) is 10.2. The molecule has 4 saturated carbocycles. The van der Waals surface area contributed by atoms with Gasteiger partial charge in [-0.15, -0.1) is 0 Å². The zero-order chi connectivity index (χ0) is 31.5. The Bertz CT molecular complexity index is 954. The number of rotatable bonds is 10. The summed E-state index contributed by atoms with van der Waals surface area (Å²) in [6.07, 6.45) is 11.0. The normalized spacial score (nSPS) is 41.5. The first-order chi connectivity index (χ1) is 19.2. The fourth-order valence-electron chi connectivity index (χ4n) is 10.5. The largest absolute Gasteiger partial charge is 0.469 e. The van der Waals surface area contributed by atoms with E-state index in [1.165, 1.54) is 52.1 Å². The highest BCUT2D eigenvalue weighted by Gasteiger charge is 2.67. The summed E-state index contributed by atoms with van der Waals surface area (Å²) in [6, 6.07) is 0. The molecule has 4 fully saturated rings. The number of methoxy groups -OCH3 is 1. The molecule has 0 radical (unpaired) electrons. The first kappa shape index (κ1) is 34.9. The van der Waals surface area contributed by atoms with Crippen LogP contribution in [0.25, 0.3) is 0 Å². The maximum atomic E-state index is 12.1. The second-order valence-electron chi connectivity index (χ2n) is 18.2.